The van der Waals surface area contributed by atoms with Crippen LogP contribution in [-0.4, -0.2) is 24.0 Å². The molecule has 0 aliphatic carbocycles. The first-order valence-electron chi connectivity index (χ1n) is 7.21. The molecule has 1 aliphatic rings. The van der Waals surface area contributed by atoms with E-state index in [-0.39, 0.29) is 0 Å². The molecule has 1 aromatic carbocycles. The van der Waals surface area contributed by atoms with Crippen LogP contribution in [0.4, 0.5) is 0 Å². The van der Waals surface area contributed by atoms with Gasteiger partial charge in [0.2, 0.25) is 0 Å². The number of aryl methyl sites for hydroxylation is 1. The van der Waals surface area contributed by atoms with Crippen molar-refractivity contribution >= 4 is 0 Å². The first-order chi connectivity index (χ1) is 8.70. The molecule has 0 saturated carbocycles. The third-order valence-corrected chi connectivity index (χ3v) is 3.92. The van der Waals surface area contributed by atoms with E-state index in [2.05, 4.69) is 43.0 Å². The van der Waals surface area contributed by atoms with Gasteiger partial charge in [0.1, 0.15) is 0 Å². The highest BCUT2D eigenvalue weighted by Gasteiger charge is 2.21. The van der Waals surface area contributed by atoms with E-state index in [1.165, 1.54) is 36.9 Å². The predicted molar refractivity (Wildman–Crippen MR) is 77.5 cm³/mol. The van der Waals surface area contributed by atoms with Crippen molar-refractivity contribution in [3.8, 4) is 0 Å². The van der Waals surface area contributed by atoms with Gasteiger partial charge in [-0.05, 0) is 42.9 Å². The average Bonchev–Trinajstić information content (AvgIpc) is 2.57. The van der Waals surface area contributed by atoms with E-state index in [1.54, 1.807) is 0 Å². The Morgan fingerprint density at radius 2 is 1.94 bits per heavy atom. The van der Waals surface area contributed by atoms with Gasteiger partial charge < -0.3 is 5.73 Å². The SMILES string of the molecule is CC(C)CC(CN)N1CCCc2ccccc2C1. The molecule has 2 N–H and O–H groups in total. The fourth-order valence-corrected chi connectivity index (χ4v) is 2.98. The van der Waals surface area contributed by atoms with E-state index in [1.807, 2.05) is 0 Å². The number of nitrogens with zero attached hydrogens (tertiary/aromatic N) is 1. The second-order valence-electron chi connectivity index (χ2n) is 5.86. The summed E-state index contributed by atoms with van der Waals surface area (Å²) < 4.78 is 0. The summed E-state index contributed by atoms with van der Waals surface area (Å²) in [4.78, 5) is 2.59. The smallest absolute Gasteiger partial charge is 0.0239 e. The van der Waals surface area contributed by atoms with Crippen LogP contribution in [0.25, 0.3) is 0 Å². The average molecular weight is 246 g/mol. The minimum absolute atomic E-state index is 0.538. The van der Waals surface area contributed by atoms with Gasteiger partial charge in [-0.1, -0.05) is 38.1 Å². The molecule has 0 aromatic heterocycles. The van der Waals surface area contributed by atoms with Crippen molar-refractivity contribution in [2.75, 3.05) is 13.1 Å². The quantitative estimate of drug-likeness (QED) is 0.885. The molecule has 0 spiro atoms. The zero-order chi connectivity index (χ0) is 13.0. The summed E-state index contributed by atoms with van der Waals surface area (Å²) in [6.45, 7) is 7.61. The fraction of sp³-hybridized carbons (Fsp3) is 0.625. The van der Waals surface area contributed by atoms with Gasteiger partial charge in [-0.2, -0.15) is 0 Å². The van der Waals surface area contributed by atoms with Crippen molar-refractivity contribution in [1.29, 1.82) is 0 Å². The van der Waals surface area contributed by atoms with E-state index in [0.717, 1.165) is 19.0 Å². The molecule has 100 valence electrons. The highest BCUT2D eigenvalue weighted by molar-refractivity contribution is 5.28. The Morgan fingerprint density at radius 3 is 2.61 bits per heavy atom. The van der Waals surface area contributed by atoms with Crippen LogP contribution in [-0.2, 0) is 13.0 Å². The highest BCUT2D eigenvalue weighted by Crippen LogP contribution is 2.22. The molecule has 2 heteroatoms. The van der Waals surface area contributed by atoms with Crippen LogP contribution >= 0.6 is 0 Å². The minimum Gasteiger partial charge on any atom is -0.329 e. The van der Waals surface area contributed by atoms with Crippen molar-refractivity contribution in [2.45, 2.75) is 45.7 Å². The Kier molecular flexibility index (Phi) is 4.79. The van der Waals surface area contributed by atoms with Crippen LogP contribution < -0.4 is 5.73 Å². The third-order valence-electron chi connectivity index (χ3n) is 3.92. The normalized spacial score (nSPS) is 18.4. The van der Waals surface area contributed by atoms with Gasteiger partial charge >= 0.3 is 0 Å². The molecule has 0 saturated heterocycles. The van der Waals surface area contributed by atoms with Crippen LogP contribution in [0.5, 0.6) is 0 Å². The highest BCUT2D eigenvalue weighted by atomic mass is 15.2. The lowest BCUT2D eigenvalue weighted by atomic mass is 10.0. The maximum atomic E-state index is 5.98. The Hall–Kier alpha value is -0.860. The first kappa shape index (κ1) is 13.6. The number of benzene rings is 1. The Labute approximate surface area is 111 Å². The number of hydrogen-bond acceptors (Lipinski definition) is 2. The number of fused-ring (bicyclic) bond motifs is 1. The second kappa shape index (κ2) is 6.35. The Morgan fingerprint density at radius 1 is 1.22 bits per heavy atom. The largest absolute Gasteiger partial charge is 0.329 e. The second-order valence-corrected chi connectivity index (χ2v) is 5.86. The standard InChI is InChI=1S/C16H26N2/c1-13(2)10-16(11-17)18-9-5-8-14-6-3-4-7-15(14)12-18/h3-4,6-7,13,16H,5,8-12,17H2,1-2H3. The lowest BCUT2D eigenvalue weighted by Crippen LogP contribution is -2.41. The molecule has 0 amide bonds. The molecule has 0 fully saturated rings. The van der Waals surface area contributed by atoms with Crippen LogP contribution in [0, 0.1) is 5.92 Å². The maximum Gasteiger partial charge on any atom is 0.0239 e. The van der Waals surface area contributed by atoms with E-state index >= 15 is 0 Å². The van der Waals surface area contributed by atoms with Crippen molar-refractivity contribution < 1.29 is 0 Å². The molecule has 1 aliphatic heterocycles. The summed E-state index contributed by atoms with van der Waals surface area (Å²) >= 11 is 0. The van der Waals surface area contributed by atoms with Crippen LogP contribution in [0.15, 0.2) is 24.3 Å². The topological polar surface area (TPSA) is 29.3 Å². The predicted octanol–water partition coefficient (Wildman–Crippen LogP) is 2.81. The lowest BCUT2D eigenvalue weighted by Gasteiger charge is -2.31. The Bertz CT molecular complexity index is 373. The molecule has 2 rings (SSSR count). The Balaban J connectivity index is 2.10. The van der Waals surface area contributed by atoms with E-state index < -0.39 is 0 Å². The van der Waals surface area contributed by atoms with Gasteiger partial charge in [0, 0.05) is 19.1 Å². The molecule has 1 unspecified atom stereocenters. The van der Waals surface area contributed by atoms with Gasteiger partial charge in [0.25, 0.3) is 0 Å². The zero-order valence-corrected chi connectivity index (χ0v) is 11.7. The molecule has 0 bridgehead atoms. The molecule has 1 atom stereocenters. The molecule has 0 radical (unpaired) electrons. The minimum atomic E-state index is 0.538. The monoisotopic (exact) mass is 246 g/mol. The first-order valence-corrected chi connectivity index (χ1v) is 7.21. The zero-order valence-electron chi connectivity index (χ0n) is 11.7. The van der Waals surface area contributed by atoms with Gasteiger partial charge in [-0.25, -0.2) is 0 Å². The molecule has 18 heavy (non-hydrogen) atoms. The third kappa shape index (κ3) is 3.33. The van der Waals surface area contributed by atoms with E-state index in [0.29, 0.717) is 6.04 Å². The molecule has 1 heterocycles. The number of nitrogens with two attached hydrogens (primary N) is 1. The number of hydrogen-bond donors (Lipinski definition) is 1. The lowest BCUT2D eigenvalue weighted by molar-refractivity contribution is 0.172. The molecular formula is C16H26N2. The summed E-state index contributed by atoms with van der Waals surface area (Å²) in [7, 11) is 0. The number of rotatable bonds is 4. The van der Waals surface area contributed by atoms with Crippen LogP contribution in [0.1, 0.15) is 37.8 Å². The van der Waals surface area contributed by atoms with Crippen molar-refractivity contribution in [3.63, 3.8) is 0 Å². The van der Waals surface area contributed by atoms with Gasteiger partial charge in [-0.3, -0.25) is 4.90 Å². The van der Waals surface area contributed by atoms with Gasteiger partial charge in [0.15, 0.2) is 0 Å². The van der Waals surface area contributed by atoms with Crippen molar-refractivity contribution in [3.05, 3.63) is 35.4 Å². The fourth-order valence-electron chi connectivity index (χ4n) is 2.98. The summed E-state index contributed by atoms with van der Waals surface area (Å²) in [5.74, 6) is 0.719. The maximum absolute atomic E-state index is 5.98. The molecule has 1 aromatic rings. The van der Waals surface area contributed by atoms with E-state index in [4.69, 9.17) is 5.73 Å². The molecule has 2 nitrogen and oxygen atoms in total. The molecular weight excluding hydrogens is 220 g/mol. The van der Waals surface area contributed by atoms with Gasteiger partial charge in [-0.15, -0.1) is 0 Å². The summed E-state index contributed by atoms with van der Waals surface area (Å²) in [6, 6.07) is 9.40. The van der Waals surface area contributed by atoms with Crippen LogP contribution in [0.3, 0.4) is 0 Å². The van der Waals surface area contributed by atoms with Crippen molar-refractivity contribution in [2.24, 2.45) is 11.7 Å². The van der Waals surface area contributed by atoms with Crippen LogP contribution in [0.2, 0.25) is 0 Å². The van der Waals surface area contributed by atoms with Crippen molar-refractivity contribution in [1.82, 2.24) is 4.90 Å². The van der Waals surface area contributed by atoms with Gasteiger partial charge in [0.05, 0.1) is 0 Å². The summed E-state index contributed by atoms with van der Waals surface area (Å²) in [5.41, 5.74) is 9.01. The summed E-state index contributed by atoms with van der Waals surface area (Å²) in [6.07, 6.45) is 3.68. The van der Waals surface area contributed by atoms with E-state index in [9.17, 15) is 0 Å². The summed E-state index contributed by atoms with van der Waals surface area (Å²) in [5, 5.41) is 0.